The number of carbonyl (C=O) groups is 1. The Morgan fingerprint density at radius 3 is 2.19 bits per heavy atom. The third kappa shape index (κ3) is 6.71. The molecular formula is C23H33N3O5S. The van der Waals surface area contributed by atoms with E-state index in [2.05, 4.69) is 31.4 Å². The van der Waals surface area contributed by atoms with E-state index in [1.165, 1.54) is 10.3 Å². The highest BCUT2D eigenvalue weighted by Gasteiger charge is 2.25. The van der Waals surface area contributed by atoms with Gasteiger partial charge < -0.3 is 25.1 Å². The van der Waals surface area contributed by atoms with Crippen molar-refractivity contribution in [1.82, 2.24) is 4.90 Å². The first kappa shape index (κ1) is 27.0. The summed E-state index contributed by atoms with van der Waals surface area (Å²) in [4.78, 5) is 37.2. The Labute approximate surface area is 192 Å². The molecule has 2 aromatic heterocycles. The van der Waals surface area contributed by atoms with Gasteiger partial charge in [0.1, 0.15) is 27.8 Å². The molecule has 0 unspecified atom stereocenters. The smallest absolute Gasteiger partial charge is 0.267 e. The van der Waals surface area contributed by atoms with E-state index in [1.54, 1.807) is 33.2 Å². The van der Waals surface area contributed by atoms with Crippen LogP contribution in [-0.4, -0.2) is 30.0 Å². The fraction of sp³-hybridized carbons (Fsp3) is 0.435. The van der Waals surface area contributed by atoms with Crippen molar-refractivity contribution in [1.29, 1.82) is 0 Å². The minimum atomic E-state index is -0.686. The summed E-state index contributed by atoms with van der Waals surface area (Å²) in [5, 5.41) is 17.3. The summed E-state index contributed by atoms with van der Waals surface area (Å²) < 4.78 is 5.41. The average molecular weight is 464 g/mol. The second-order valence-corrected chi connectivity index (χ2v) is 8.54. The van der Waals surface area contributed by atoms with E-state index in [9.17, 15) is 19.5 Å². The quantitative estimate of drug-likeness (QED) is 0.454. The van der Waals surface area contributed by atoms with Gasteiger partial charge in [0.15, 0.2) is 5.75 Å². The van der Waals surface area contributed by atoms with Gasteiger partial charge in [-0.1, -0.05) is 34.6 Å². The zero-order valence-corrected chi connectivity index (χ0v) is 20.8. The number of thiophene rings is 1. The number of amides is 1. The van der Waals surface area contributed by atoms with E-state index in [-0.39, 0.29) is 40.1 Å². The van der Waals surface area contributed by atoms with Gasteiger partial charge in [-0.3, -0.25) is 14.4 Å². The standard InChI is InChI=1S/C17H17N3O5S.C4H10.C2H6/c1-8-4-5-9(25-8)6-18-11-12(15(23)14(11)22)19-10-7-26-16(13(10)21)17(24)20(2)3;1-4(2)3;1-2/h4-5,7,18-19,21H,6H2,1-3H3;4H,1-3H3;1-2H3. The van der Waals surface area contributed by atoms with Crippen LogP contribution in [0.25, 0.3) is 0 Å². The Morgan fingerprint density at radius 1 is 1.12 bits per heavy atom. The molecule has 3 N–H and O–H groups in total. The van der Waals surface area contributed by atoms with Crippen molar-refractivity contribution in [3.8, 4) is 5.75 Å². The summed E-state index contributed by atoms with van der Waals surface area (Å²) in [5.41, 5.74) is -0.959. The van der Waals surface area contributed by atoms with Gasteiger partial charge >= 0.3 is 0 Å². The first-order valence-electron chi connectivity index (χ1n) is 10.4. The second kappa shape index (κ2) is 12.1. The highest BCUT2D eigenvalue weighted by atomic mass is 32.1. The van der Waals surface area contributed by atoms with Crippen LogP contribution in [0.3, 0.4) is 0 Å². The van der Waals surface area contributed by atoms with E-state index >= 15 is 0 Å². The van der Waals surface area contributed by atoms with Gasteiger partial charge in [0.25, 0.3) is 16.8 Å². The van der Waals surface area contributed by atoms with Crippen LogP contribution in [-0.2, 0) is 6.54 Å². The largest absolute Gasteiger partial charge is 0.504 e. The number of aromatic hydroxyl groups is 1. The molecule has 3 rings (SSSR count). The molecule has 0 radical (unpaired) electrons. The van der Waals surface area contributed by atoms with Crippen LogP contribution < -0.4 is 21.5 Å². The molecule has 32 heavy (non-hydrogen) atoms. The molecule has 0 saturated carbocycles. The molecule has 0 bridgehead atoms. The molecule has 0 fully saturated rings. The lowest BCUT2D eigenvalue weighted by Gasteiger charge is -2.14. The van der Waals surface area contributed by atoms with Crippen LogP contribution in [0.15, 0.2) is 31.5 Å². The fourth-order valence-electron chi connectivity index (χ4n) is 2.37. The van der Waals surface area contributed by atoms with E-state index in [0.29, 0.717) is 5.76 Å². The van der Waals surface area contributed by atoms with Gasteiger partial charge in [-0.2, -0.15) is 0 Å². The molecule has 9 heteroatoms. The lowest BCUT2D eigenvalue weighted by Crippen LogP contribution is -2.36. The van der Waals surface area contributed by atoms with E-state index in [0.717, 1.165) is 23.0 Å². The SMILES string of the molecule is CC.CC(C)C.Cc1ccc(CNc2c(Nc3csc(C(=O)N(C)C)c3O)c(=O)c2=O)o1. The summed E-state index contributed by atoms with van der Waals surface area (Å²) in [6.07, 6.45) is 0. The molecule has 0 aliphatic carbocycles. The monoisotopic (exact) mass is 463 g/mol. The zero-order valence-electron chi connectivity index (χ0n) is 20.0. The Morgan fingerprint density at radius 2 is 1.69 bits per heavy atom. The summed E-state index contributed by atoms with van der Waals surface area (Å²) in [5.74, 6) is 1.59. The minimum Gasteiger partial charge on any atom is -0.504 e. The van der Waals surface area contributed by atoms with Crippen molar-refractivity contribution in [3.63, 3.8) is 0 Å². The van der Waals surface area contributed by atoms with E-state index < -0.39 is 10.9 Å². The van der Waals surface area contributed by atoms with Crippen LogP contribution in [0.1, 0.15) is 55.8 Å². The van der Waals surface area contributed by atoms with Gasteiger partial charge in [0.05, 0.1) is 12.2 Å². The Hall–Kier alpha value is -3.07. The number of anilines is 3. The maximum Gasteiger partial charge on any atom is 0.267 e. The number of hydrogen-bond acceptors (Lipinski definition) is 8. The van der Waals surface area contributed by atoms with Gasteiger partial charge in [-0.05, 0) is 25.0 Å². The molecule has 0 aliphatic rings. The minimum absolute atomic E-state index is 0.0511. The lowest BCUT2D eigenvalue weighted by molar-refractivity contribution is 0.0829. The molecule has 0 saturated heterocycles. The molecule has 0 aliphatic heterocycles. The predicted octanol–water partition coefficient (Wildman–Crippen LogP) is 4.70. The van der Waals surface area contributed by atoms with E-state index in [1.807, 2.05) is 13.8 Å². The maximum atomic E-state index is 12.0. The second-order valence-electron chi connectivity index (χ2n) is 7.66. The molecule has 2 heterocycles. The van der Waals surface area contributed by atoms with Crippen molar-refractivity contribution in [2.75, 3.05) is 24.7 Å². The Balaban J connectivity index is 0.000000769. The van der Waals surface area contributed by atoms with Gasteiger partial charge in [-0.25, -0.2) is 0 Å². The van der Waals surface area contributed by atoms with Gasteiger partial charge in [-0.15, -0.1) is 11.3 Å². The van der Waals surface area contributed by atoms with Crippen molar-refractivity contribution >= 4 is 34.3 Å². The Bertz CT molecular complexity index is 1090. The van der Waals surface area contributed by atoms with Crippen LogP contribution in [0.4, 0.5) is 17.1 Å². The number of rotatable bonds is 6. The van der Waals surface area contributed by atoms with Crippen LogP contribution in [0.5, 0.6) is 5.75 Å². The van der Waals surface area contributed by atoms with Crippen molar-refractivity contribution in [2.45, 2.75) is 48.1 Å². The summed E-state index contributed by atoms with van der Waals surface area (Å²) in [6, 6.07) is 3.57. The first-order chi connectivity index (χ1) is 15.0. The van der Waals surface area contributed by atoms with Crippen LogP contribution in [0, 0.1) is 12.8 Å². The van der Waals surface area contributed by atoms with Crippen molar-refractivity contribution < 1.29 is 14.3 Å². The Kier molecular flexibility index (Phi) is 10.2. The number of aryl methyl sites for hydroxylation is 1. The van der Waals surface area contributed by atoms with Crippen molar-refractivity contribution in [3.05, 3.63) is 54.4 Å². The molecule has 1 amide bonds. The van der Waals surface area contributed by atoms with Crippen LogP contribution in [0.2, 0.25) is 0 Å². The normalized spacial score (nSPS) is 10.2. The highest BCUT2D eigenvalue weighted by Crippen LogP contribution is 2.37. The van der Waals surface area contributed by atoms with E-state index in [4.69, 9.17) is 4.42 Å². The number of carbonyl (C=O) groups excluding carboxylic acids is 1. The molecule has 0 atom stereocenters. The maximum absolute atomic E-state index is 12.0. The number of furan rings is 1. The molecular weight excluding hydrogens is 430 g/mol. The molecule has 3 aromatic rings. The molecule has 0 spiro atoms. The van der Waals surface area contributed by atoms with Crippen LogP contribution >= 0.6 is 11.3 Å². The fourth-order valence-corrected chi connectivity index (χ4v) is 3.28. The number of hydrogen-bond donors (Lipinski definition) is 3. The topological polar surface area (TPSA) is 112 Å². The van der Waals surface area contributed by atoms with Gasteiger partial charge in [0, 0.05) is 19.5 Å². The number of nitrogens with one attached hydrogen (secondary N) is 2. The third-order valence-corrected chi connectivity index (χ3v) is 4.73. The summed E-state index contributed by atoms with van der Waals surface area (Å²) >= 11 is 1.05. The average Bonchev–Trinajstić information content (AvgIpc) is 3.32. The third-order valence-electron chi connectivity index (χ3n) is 3.77. The molecule has 8 nitrogen and oxygen atoms in total. The zero-order chi connectivity index (χ0) is 24.6. The highest BCUT2D eigenvalue weighted by molar-refractivity contribution is 7.13. The summed E-state index contributed by atoms with van der Waals surface area (Å²) in [6.45, 7) is 12.5. The summed E-state index contributed by atoms with van der Waals surface area (Å²) in [7, 11) is 3.15. The van der Waals surface area contributed by atoms with Crippen molar-refractivity contribution in [2.24, 2.45) is 5.92 Å². The lowest BCUT2D eigenvalue weighted by atomic mass is 10.2. The predicted molar refractivity (Wildman–Crippen MR) is 131 cm³/mol. The molecule has 176 valence electrons. The first-order valence-corrected chi connectivity index (χ1v) is 11.3. The molecule has 1 aromatic carbocycles. The van der Waals surface area contributed by atoms with Gasteiger partial charge in [0.2, 0.25) is 0 Å². The number of nitrogens with zero attached hydrogens (tertiary/aromatic N) is 1.